The number of amides is 2. The molecule has 2 aromatic carbocycles. The normalized spacial score (nSPS) is 11.5. The summed E-state index contributed by atoms with van der Waals surface area (Å²) < 4.78 is 19.2. The number of hydrogen-bond acceptors (Lipinski definition) is 3. The van der Waals surface area contributed by atoms with E-state index in [4.69, 9.17) is 4.74 Å². The van der Waals surface area contributed by atoms with Crippen LogP contribution in [-0.2, 0) is 9.59 Å². The topological polar surface area (TPSA) is 67.4 Å². The zero-order valence-corrected chi connectivity index (χ0v) is 13.7. The van der Waals surface area contributed by atoms with Crippen LogP contribution in [0.15, 0.2) is 42.5 Å². The van der Waals surface area contributed by atoms with Crippen LogP contribution in [-0.4, -0.2) is 17.9 Å². The molecule has 1 atom stereocenters. The van der Waals surface area contributed by atoms with E-state index < -0.39 is 17.8 Å². The summed E-state index contributed by atoms with van der Waals surface area (Å²) in [5.41, 5.74) is 1.47. The molecule has 126 valence electrons. The second kappa shape index (κ2) is 7.59. The molecule has 0 saturated heterocycles. The van der Waals surface area contributed by atoms with Crippen LogP contribution in [0.1, 0.15) is 19.4 Å². The fourth-order valence-corrected chi connectivity index (χ4v) is 2.01. The van der Waals surface area contributed by atoms with Crippen LogP contribution in [0.25, 0.3) is 0 Å². The molecule has 2 amide bonds. The van der Waals surface area contributed by atoms with Gasteiger partial charge in [0.25, 0.3) is 5.91 Å². The van der Waals surface area contributed by atoms with E-state index in [9.17, 15) is 14.0 Å². The number of aryl methyl sites for hydroxylation is 1. The van der Waals surface area contributed by atoms with Crippen molar-refractivity contribution in [2.45, 2.75) is 26.9 Å². The van der Waals surface area contributed by atoms with Gasteiger partial charge in [0.1, 0.15) is 11.6 Å². The fourth-order valence-electron chi connectivity index (χ4n) is 2.01. The van der Waals surface area contributed by atoms with Crippen LogP contribution in [0, 0.1) is 12.7 Å². The first-order chi connectivity index (χ1) is 11.3. The number of nitrogens with one attached hydrogen (secondary N) is 2. The SMILES string of the molecule is CC(=O)Nc1cc(NC(=O)C(C)Oc2ccc(C)cc2)ccc1F. The second-order valence-electron chi connectivity index (χ2n) is 5.44. The standard InChI is InChI=1S/C18H19FN2O3/c1-11-4-7-15(8-5-11)24-12(2)18(23)21-14-6-9-16(19)17(10-14)20-13(3)22/h4-10,12H,1-3H3,(H,20,22)(H,21,23). The predicted molar refractivity (Wildman–Crippen MR) is 90.6 cm³/mol. The van der Waals surface area contributed by atoms with Crippen molar-refractivity contribution in [3.05, 3.63) is 53.8 Å². The number of carbonyl (C=O) groups excluding carboxylic acids is 2. The third kappa shape index (κ3) is 4.81. The smallest absolute Gasteiger partial charge is 0.265 e. The van der Waals surface area contributed by atoms with Crippen molar-refractivity contribution >= 4 is 23.2 Å². The molecule has 0 spiro atoms. The van der Waals surface area contributed by atoms with Crippen molar-refractivity contribution < 1.29 is 18.7 Å². The lowest BCUT2D eigenvalue weighted by molar-refractivity contribution is -0.122. The van der Waals surface area contributed by atoms with Crippen LogP contribution in [0.3, 0.4) is 0 Å². The molecule has 2 rings (SSSR count). The van der Waals surface area contributed by atoms with E-state index in [1.54, 1.807) is 19.1 Å². The van der Waals surface area contributed by atoms with E-state index in [1.807, 2.05) is 19.1 Å². The van der Waals surface area contributed by atoms with Crippen molar-refractivity contribution in [1.82, 2.24) is 0 Å². The molecule has 0 radical (unpaired) electrons. The largest absolute Gasteiger partial charge is 0.481 e. The van der Waals surface area contributed by atoms with Crippen LogP contribution in [0.4, 0.5) is 15.8 Å². The Morgan fingerprint density at radius 1 is 1.08 bits per heavy atom. The van der Waals surface area contributed by atoms with Crippen molar-refractivity contribution in [1.29, 1.82) is 0 Å². The zero-order valence-electron chi connectivity index (χ0n) is 13.7. The Labute approximate surface area is 139 Å². The zero-order chi connectivity index (χ0) is 17.7. The third-order valence-corrected chi connectivity index (χ3v) is 3.25. The molecule has 0 aliphatic heterocycles. The minimum atomic E-state index is -0.734. The number of carbonyl (C=O) groups is 2. The second-order valence-corrected chi connectivity index (χ2v) is 5.44. The lowest BCUT2D eigenvalue weighted by atomic mass is 10.2. The van der Waals surface area contributed by atoms with Crippen LogP contribution in [0.2, 0.25) is 0 Å². The molecule has 0 bridgehead atoms. The van der Waals surface area contributed by atoms with E-state index in [0.29, 0.717) is 11.4 Å². The number of hydrogen-bond donors (Lipinski definition) is 2. The average Bonchev–Trinajstić information content (AvgIpc) is 2.52. The molecule has 2 aromatic rings. The first-order valence-corrected chi connectivity index (χ1v) is 7.46. The Hall–Kier alpha value is -2.89. The van der Waals surface area contributed by atoms with Gasteiger partial charge in [0, 0.05) is 12.6 Å². The summed E-state index contributed by atoms with van der Waals surface area (Å²) in [7, 11) is 0. The van der Waals surface area contributed by atoms with Gasteiger partial charge in [-0.15, -0.1) is 0 Å². The van der Waals surface area contributed by atoms with Crippen LogP contribution in [0.5, 0.6) is 5.75 Å². The highest BCUT2D eigenvalue weighted by Crippen LogP contribution is 2.20. The molecule has 0 saturated carbocycles. The molecule has 0 aromatic heterocycles. The maximum Gasteiger partial charge on any atom is 0.265 e. The fraction of sp³-hybridized carbons (Fsp3) is 0.222. The molecule has 2 N–H and O–H groups in total. The van der Waals surface area contributed by atoms with E-state index in [0.717, 1.165) is 5.56 Å². The van der Waals surface area contributed by atoms with Crippen LogP contribution < -0.4 is 15.4 Å². The first-order valence-electron chi connectivity index (χ1n) is 7.46. The van der Waals surface area contributed by atoms with Crippen molar-refractivity contribution in [3.8, 4) is 5.75 Å². The van der Waals surface area contributed by atoms with Gasteiger partial charge in [0.05, 0.1) is 5.69 Å². The highest BCUT2D eigenvalue weighted by molar-refractivity contribution is 5.95. The Morgan fingerprint density at radius 2 is 1.75 bits per heavy atom. The summed E-state index contributed by atoms with van der Waals surface area (Å²) >= 11 is 0. The number of ether oxygens (including phenoxy) is 1. The molecule has 0 heterocycles. The maximum atomic E-state index is 13.6. The molecular formula is C18H19FN2O3. The predicted octanol–water partition coefficient (Wildman–Crippen LogP) is 3.50. The van der Waals surface area contributed by atoms with Crippen LogP contribution >= 0.6 is 0 Å². The number of halogens is 1. The van der Waals surface area contributed by atoms with E-state index in [-0.39, 0.29) is 11.6 Å². The average molecular weight is 330 g/mol. The van der Waals surface area contributed by atoms with Gasteiger partial charge in [0.2, 0.25) is 5.91 Å². The Kier molecular flexibility index (Phi) is 5.52. The van der Waals surface area contributed by atoms with E-state index in [1.165, 1.54) is 25.1 Å². The van der Waals surface area contributed by atoms with Gasteiger partial charge in [-0.05, 0) is 44.2 Å². The Bertz CT molecular complexity index is 744. The summed E-state index contributed by atoms with van der Waals surface area (Å²) in [4.78, 5) is 23.2. The number of rotatable bonds is 5. The van der Waals surface area contributed by atoms with Crippen molar-refractivity contribution in [3.63, 3.8) is 0 Å². The summed E-state index contributed by atoms with van der Waals surface area (Å²) in [5.74, 6) is -0.766. The van der Waals surface area contributed by atoms with Crippen molar-refractivity contribution in [2.24, 2.45) is 0 Å². The minimum absolute atomic E-state index is 0.00686. The molecule has 6 heteroatoms. The lowest BCUT2D eigenvalue weighted by Crippen LogP contribution is -2.30. The molecule has 0 aliphatic carbocycles. The summed E-state index contributed by atoms with van der Waals surface area (Å²) in [6.45, 7) is 4.86. The highest BCUT2D eigenvalue weighted by Gasteiger charge is 2.16. The molecular weight excluding hydrogens is 311 g/mol. The Balaban J connectivity index is 2.03. The van der Waals surface area contributed by atoms with Gasteiger partial charge in [-0.2, -0.15) is 0 Å². The number of benzene rings is 2. The molecule has 5 nitrogen and oxygen atoms in total. The molecule has 1 unspecified atom stereocenters. The molecule has 24 heavy (non-hydrogen) atoms. The minimum Gasteiger partial charge on any atom is -0.481 e. The monoisotopic (exact) mass is 330 g/mol. The van der Waals surface area contributed by atoms with E-state index in [2.05, 4.69) is 10.6 Å². The number of anilines is 2. The third-order valence-electron chi connectivity index (χ3n) is 3.25. The van der Waals surface area contributed by atoms with Gasteiger partial charge in [-0.1, -0.05) is 17.7 Å². The first kappa shape index (κ1) is 17.5. The van der Waals surface area contributed by atoms with Gasteiger partial charge in [-0.25, -0.2) is 4.39 Å². The molecule has 0 aliphatic rings. The lowest BCUT2D eigenvalue weighted by Gasteiger charge is -2.15. The summed E-state index contributed by atoms with van der Waals surface area (Å²) in [5, 5.41) is 5.00. The van der Waals surface area contributed by atoms with Gasteiger partial charge in [0.15, 0.2) is 6.10 Å². The summed E-state index contributed by atoms with van der Waals surface area (Å²) in [6.07, 6.45) is -0.734. The van der Waals surface area contributed by atoms with Crippen molar-refractivity contribution in [2.75, 3.05) is 10.6 Å². The van der Waals surface area contributed by atoms with Gasteiger partial charge >= 0.3 is 0 Å². The van der Waals surface area contributed by atoms with E-state index >= 15 is 0 Å². The Morgan fingerprint density at radius 3 is 2.38 bits per heavy atom. The maximum absolute atomic E-state index is 13.6. The highest BCUT2D eigenvalue weighted by atomic mass is 19.1. The molecule has 0 fully saturated rings. The van der Waals surface area contributed by atoms with Gasteiger partial charge < -0.3 is 15.4 Å². The summed E-state index contributed by atoms with van der Waals surface area (Å²) in [6, 6.07) is 11.3. The van der Waals surface area contributed by atoms with Gasteiger partial charge in [-0.3, -0.25) is 9.59 Å². The quantitative estimate of drug-likeness (QED) is 0.882.